The number of aryl methyl sites for hydroxylation is 1. The van der Waals surface area contributed by atoms with Crippen LogP contribution in [0.4, 0.5) is 0 Å². The Morgan fingerprint density at radius 1 is 1.33 bits per heavy atom. The number of aromatic nitrogens is 2. The molecule has 1 heterocycles. The van der Waals surface area contributed by atoms with Gasteiger partial charge in [-0.25, -0.2) is 0 Å². The molecule has 0 saturated heterocycles. The van der Waals surface area contributed by atoms with Crippen molar-refractivity contribution >= 4 is 5.97 Å². The minimum absolute atomic E-state index is 0.239. The molecule has 0 bridgehead atoms. The molecule has 2 aromatic rings. The van der Waals surface area contributed by atoms with Crippen molar-refractivity contribution in [2.45, 2.75) is 33.6 Å². The van der Waals surface area contributed by atoms with Crippen molar-refractivity contribution < 1.29 is 13.9 Å². The molecule has 0 unspecified atom stereocenters. The van der Waals surface area contributed by atoms with Gasteiger partial charge in [0.2, 0.25) is 11.8 Å². The molecular formula is C16H20N2O3. The monoisotopic (exact) mass is 288 g/mol. The lowest BCUT2D eigenvalue weighted by Gasteiger charge is -2.06. The van der Waals surface area contributed by atoms with E-state index in [-0.39, 0.29) is 12.4 Å². The van der Waals surface area contributed by atoms with Crippen molar-refractivity contribution in [2.75, 3.05) is 7.11 Å². The summed E-state index contributed by atoms with van der Waals surface area (Å²) in [5.41, 5.74) is 2.76. The van der Waals surface area contributed by atoms with Crippen molar-refractivity contribution in [3.05, 3.63) is 35.2 Å². The van der Waals surface area contributed by atoms with Gasteiger partial charge < -0.3 is 9.15 Å². The van der Waals surface area contributed by atoms with Crippen LogP contribution in [-0.4, -0.2) is 23.3 Å². The second-order valence-corrected chi connectivity index (χ2v) is 5.49. The molecule has 0 saturated carbocycles. The fourth-order valence-electron chi connectivity index (χ4n) is 2.02. The van der Waals surface area contributed by atoms with Crippen LogP contribution in [0.2, 0.25) is 0 Å². The average Bonchev–Trinajstić information content (AvgIpc) is 2.88. The molecule has 0 atom stereocenters. The average molecular weight is 288 g/mol. The van der Waals surface area contributed by atoms with E-state index < -0.39 is 0 Å². The third kappa shape index (κ3) is 3.90. The summed E-state index contributed by atoms with van der Waals surface area (Å²) in [6, 6.07) is 5.77. The van der Waals surface area contributed by atoms with Crippen LogP contribution in [0.25, 0.3) is 11.5 Å². The van der Waals surface area contributed by atoms with Crippen LogP contribution in [0.3, 0.4) is 0 Å². The number of hydrogen-bond donors (Lipinski definition) is 0. The van der Waals surface area contributed by atoms with Gasteiger partial charge in [-0.3, -0.25) is 4.79 Å². The summed E-state index contributed by atoms with van der Waals surface area (Å²) in [4.78, 5) is 11.4. The molecule has 1 aromatic carbocycles. The molecule has 2 rings (SSSR count). The summed E-state index contributed by atoms with van der Waals surface area (Å²) in [6.07, 6.45) is 0.997. The summed E-state index contributed by atoms with van der Waals surface area (Å²) >= 11 is 0. The largest absolute Gasteiger partial charge is 0.469 e. The van der Waals surface area contributed by atoms with Crippen LogP contribution in [0.1, 0.15) is 30.9 Å². The number of esters is 1. The van der Waals surface area contributed by atoms with Crippen molar-refractivity contribution in [3.8, 4) is 11.5 Å². The first kappa shape index (κ1) is 15.2. The predicted molar refractivity (Wildman–Crippen MR) is 78.7 cm³/mol. The Morgan fingerprint density at radius 3 is 2.76 bits per heavy atom. The van der Waals surface area contributed by atoms with Crippen LogP contribution in [0.15, 0.2) is 22.6 Å². The highest BCUT2D eigenvalue weighted by atomic mass is 16.5. The van der Waals surface area contributed by atoms with Crippen molar-refractivity contribution in [2.24, 2.45) is 5.92 Å². The minimum Gasteiger partial charge on any atom is -0.469 e. The highest BCUT2D eigenvalue weighted by Crippen LogP contribution is 2.22. The van der Waals surface area contributed by atoms with Crippen molar-refractivity contribution in [1.29, 1.82) is 0 Å². The molecule has 1 aromatic heterocycles. The Morgan fingerprint density at radius 2 is 2.10 bits per heavy atom. The Bertz CT molecular complexity index is 632. The van der Waals surface area contributed by atoms with E-state index in [9.17, 15) is 4.79 Å². The van der Waals surface area contributed by atoms with E-state index in [4.69, 9.17) is 9.15 Å². The van der Waals surface area contributed by atoms with Crippen LogP contribution in [-0.2, 0) is 22.4 Å². The summed E-state index contributed by atoms with van der Waals surface area (Å²) < 4.78 is 10.4. The van der Waals surface area contributed by atoms with Crippen molar-refractivity contribution in [3.63, 3.8) is 0 Å². The SMILES string of the molecule is COC(=O)Cc1cc(-c2nnc(CC(C)C)o2)ccc1C. The first-order chi connectivity index (χ1) is 9.99. The van der Waals surface area contributed by atoms with E-state index in [0.29, 0.717) is 17.7 Å². The number of ether oxygens (including phenoxy) is 1. The zero-order valence-electron chi connectivity index (χ0n) is 12.8. The third-order valence-corrected chi connectivity index (χ3v) is 3.21. The van der Waals surface area contributed by atoms with Gasteiger partial charge in [0.1, 0.15) is 0 Å². The highest BCUT2D eigenvalue weighted by Gasteiger charge is 2.13. The number of rotatable bonds is 5. The highest BCUT2D eigenvalue weighted by molar-refractivity contribution is 5.73. The second kappa shape index (κ2) is 6.52. The van der Waals surface area contributed by atoms with Gasteiger partial charge in [-0.05, 0) is 36.1 Å². The van der Waals surface area contributed by atoms with Crippen LogP contribution < -0.4 is 0 Å². The first-order valence-electron chi connectivity index (χ1n) is 6.98. The summed E-state index contributed by atoms with van der Waals surface area (Å²) in [7, 11) is 1.39. The molecule has 0 amide bonds. The number of benzene rings is 1. The Balaban J connectivity index is 2.25. The number of methoxy groups -OCH3 is 1. The maximum Gasteiger partial charge on any atom is 0.309 e. The predicted octanol–water partition coefficient (Wildman–Crippen LogP) is 2.96. The van der Waals surface area contributed by atoms with E-state index in [2.05, 4.69) is 24.0 Å². The zero-order valence-corrected chi connectivity index (χ0v) is 12.8. The minimum atomic E-state index is -0.263. The third-order valence-electron chi connectivity index (χ3n) is 3.21. The molecule has 0 aliphatic carbocycles. The first-order valence-corrected chi connectivity index (χ1v) is 6.98. The Labute approximate surface area is 124 Å². The van der Waals surface area contributed by atoms with E-state index in [0.717, 1.165) is 23.1 Å². The van der Waals surface area contributed by atoms with Gasteiger partial charge >= 0.3 is 5.97 Å². The molecule has 0 spiro atoms. The van der Waals surface area contributed by atoms with E-state index in [1.807, 2.05) is 25.1 Å². The standard InChI is InChI=1S/C16H20N2O3/c1-10(2)7-14-17-18-16(21-14)12-6-5-11(3)13(8-12)9-15(19)20-4/h5-6,8,10H,7,9H2,1-4H3. The fourth-order valence-corrected chi connectivity index (χ4v) is 2.02. The van der Waals surface area contributed by atoms with Gasteiger partial charge in [-0.15, -0.1) is 10.2 Å². The van der Waals surface area contributed by atoms with Gasteiger partial charge in [0.05, 0.1) is 13.5 Å². The van der Waals surface area contributed by atoms with Gasteiger partial charge in [-0.2, -0.15) is 0 Å². The number of carbonyl (C=O) groups is 1. The molecule has 112 valence electrons. The van der Waals surface area contributed by atoms with Gasteiger partial charge in [0, 0.05) is 12.0 Å². The molecule has 0 N–H and O–H groups in total. The molecule has 0 aliphatic heterocycles. The van der Waals surface area contributed by atoms with Crippen molar-refractivity contribution in [1.82, 2.24) is 10.2 Å². The molecule has 21 heavy (non-hydrogen) atoms. The lowest BCUT2D eigenvalue weighted by molar-refractivity contribution is -0.139. The fraction of sp³-hybridized carbons (Fsp3) is 0.438. The molecular weight excluding hydrogens is 268 g/mol. The lowest BCUT2D eigenvalue weighted by atomic mass is 10.0. The lowest BCUT2D eigenvalue weighted by Crippen LogP contribution is -2.05. The number of hydrogen-bond acceptors (Lipinski definition) is 5. The quantitative estimate of drug-likeness (QED) is 0.791. The maximum absolute atomic E-state index is 11.4. The van der Waals surface area contributed by atoms with E-state index in [1.165, 1.54) is 7.11 Å². The Hall–Kier alpha value is -2.17. The van der Waals surface area contributed by atoms with E-state index in [1.54, 1.807) is 0 Å². The summed E-state index contributed by atoms with van der Waals surface area (Å²) in [5, 5.41) is 8.13. The second-order valence-electron chi connectivity index (χ2n) is 5.49. The van der Waals surface area contributed by atoms with E-state index >= 15 is 0 Å². The molecule has 5 nitrogen and oxygen atoms in total. The molecule has 0 fully saturated rings. The van der Waals surface area contributed by atoms with Gasteiger partial charge in [0.15, 0.2) is 0 Å². The molecule has 5 heteroatoms. The summed E-state index contributed by atoms with van der Waals surface area (Å²) in [5.74, 6) is 1.32. The zero-order chi connectivity index (χ0) is 15.4. The number of carbonyl (C=O) groups excluding carboxylic acids is 1. The van der Waals surface area contributed by atoms with Crippen LogP contribution >= 0.6 is 0 Å². The smallest absolute Gasteiger partial charge is 0.309 e. The van der Waals surface area contributed by atoms with Crippen LogP contribution in [0.5, 0.6) is 0 Å². The topological polar surface area (TPSA) is 65.2 Å². The van der Waals surface area contributed by atoms with Gasteiger partial charge in [0.25, 0.3) is 0 Å². The summed E-state index contributed by atoms with van der Waals surface area (Å²) in [6.45, 7) is 6.16. The molecule has 0 radical (unpaired) electrons. The van der Waals surface area contributed by atoms with Gasteiger partial charge in [-0.1, -0.05) is 19.9 Å². The molecule has 0 aliphatic rings. The maximum atomic E-state index is 11.4. The Kier molecular flexibility index (Phi) is 4.73. The van der Waals surface area contributed by atoms with Crippen LogP contribution in [0, 0.1) is 12.8 Å². The number of nitrogens with zero attached hydrogens (tertiary/aromatic N) is 2. The normalized spacial score (nSPS) is 10.9.